The van der Waals surface area contributed by atoms with Gasteiger partial charge in [0.25, 0.3) is 0 Å². The van der Waals surface area contributed by atoms with E-state index in [1.165, 1.54) is 18.4 Å². The molecular formula is C14H20N2O3S. The lowest BCUT2D eigenvalue weighted by molar-refractivity contribution is -0.141. The molecule has 1 aromatic heterocycles. The molecule has 5 nitrogen and oxygen atoms in total. The van der Waals surface area contributed by atoms with Gasteiger partial charge in [-0.1, -0.05) is 12.5 Å². The zero-order valence-electron chi connectivity index (χ0n) is 11.6. The fourth-order valence-electron chi connectivity index (χ4n) is 2.31. The number of hydrogen-bond donors (Lipinski definition) is 2. The minimum atomic E-state index is -0.319. The third-order valence-electron chi connectivity index (χ3n) is 3.43. The summed E-state index contributed by atoms with van der Waals surface area (Å²) < 4.78 is 4.70. The average Bonchev–Trinajstić information content (AvgIpc) is 3.01. The van der Waals surface area contributed by atoms with E-state index >= 15 is 0 Å². The molecule has 1 aliphatic rings. The van der Waals surface area contributed by atoms with Gasteiger partial charge < -0.3 is 15.4 Å². The first-order chi connectivity index (χ1) is 9.70. The van der Waals surface area contributed by atoms with Crippen molar-refractivity contribution >= 4 is 23.2 Å². The summed E-state index contributed by atoms with van der Waals surface area (Å²) in [6.07, 6.45) is 3.18. The van der Waals surface area contributed by atoms with Crippen molar-refractivity contribution < 1.29 is 14.3 Å². The van der Waals surface area contributed by atoms with E-state index in [0.717, 1.165) is 30.7 Å². The van der Waals surface area contributed by atoms with Crippen LogP contribution in [0.4, 0.5) is 0 Å². The Morgan fingerprint density at radius 3 is 3.00 bits per heavy atom. The summed E-state index contributed by atoms with van der Waals surface area (Å²) in [6, 6.07) is 3.38. The highest BCUT2D eigenvalue weighted by atomic mass is 32.1. The van der Waals surface area contributed by atoms with Crippen molar-refractivity contribution in [2.75, 3.05) is 13.7 Å². The molecule has 0 aromatic carbocycles. The van der Waals surface area contributed by atoms with Crippen molar-refractivity contribution in [3.63, 3.8) is 0 Å². The van der Waals surface area contributed by atoms with Gasteiger partial charge in [-0.25, -0.2) is 0 Å². The molecule has 1 amide bonds. The fraction of sp³-hybridized carbons (Fsp3) is 0.571. The average molecular weight is 296 g/mol. The van der Waals surface area contributed by atoms with E-state index in [4.69, 9.17) is 4.74 Å². The maximum absolute atomic E-state index is 12.3. The Balaban J connectivity index is 1.99. The molecule has 2 atom stereocenters. The van der Waals surface area contributed by atoms with Gasteiger partial charge in [0.15, 0.2) is 0 Å². The van der Waals surface area contributed by atoms with Crippen molar-refractivity contribution in [2.45, 2.75) is 37.8 Å². The molecule has 0 saturated carbocycles. The van der Waals surface area contributed by atoms with Gasteiger partial charge in [-0.3, -0.25) is 9.59 Å². The van der Waals surface area contributed by atoms with Crippen LogP contribution in [0.2, 0.25) is 0 Å². The fourth-order valence-corrected chi connectivity index (χ4v) is 3.09. The van der Waals surface area contributed by atoms with Crippen LogP contribution in [0.3, 0.4) is 0 Å². The van der Waals surface area contributed by atoms with Crippen LogP contribution < -0.4 is 10.6 Å². The van der Waals surface area contributed by atoms with Crippen LogP contribution >= 0.6 is 11.3 Å². The summed E-state index contributed by atoms with van der Waals surface area (Å²) in [5.41, 5.74) is 0. The predicted molar refractivity (Wildman–Crippen MR) is 77.5 cm³/mol. The van der Waals surface area contributed by atoms with Gasteiger partial charge in [-0.05, 0) is 30.8 Å². The number of nitrogens with one attached hydrogen (secondary N) is 2. The van der Waals surface area contributed by atoms with Crippen molar-refractivity contribution in [1.29, 1.82) is 0 Å². The van der Waals surface area contributed by atoms with Gasteiger partial charge in [0.2, 0.25) is 5.91 Å². The lowest BCUT2D eigenvalue weighted by atomic mass is 10.0. The van der Waals surface area contributed by atoms with Gasteiger partial charge in [0, 0.05) is 4.88 Å². The number of hydrogen-bond acceptors (Lipinski definition) is 5. The summed E-state index contributed by atoms with van der Waals surface area (Å²) in [5.74, 6) is -0.354. The maximum Gasteiger partial charge on any atom is 0.307 e. The molecule has 1 fully saturated rings. The summed E-state index contributed by atoms with van der Waals surface area (Å²) in [5, 5.41) is 8.11. The van der Waals surface area contributed by atoms with E-state index < -0.39 is 0 Å². The van der Waals surface area contributed by atoms with Crippen LogP contribution in [-0.4, -0.2) is 31.6 Å². The molecule has 1 aromatic rings. The molecule has 0 bridgehead atoms. The first kappa shape index (κ1) is 15.0. The molecule has 1 aliphatic heterocycles. The number of amides is 1. The van der Waals surface area contributed by atoms with Gasteiger partial charge in [-0.15, -0.1) is 11.3 Å². The second-order valence-electron chi connectivity index (χ2n) is 4.86. The van der Waals surface area contributed by atoms with Crippen LogP contribution in [0.15, 0.2) is 17.5 Å². The Bertz CT molecular complexity index is 441. The standard InChI is InChI=1S/C14H20N2O3S/c1-19-13(17)9-11(12-6-4-8-20-12)16-14(18)10-5-2-3-7-15-10/h4,6,8,10-11,15H,2-3,5,7,9H2,1H3,(H,16,18)/t10-,11?/m0/s1. The first-order valence-corrected chi connectivity index (χ1v) is 7.72. The summed E-state index contributed by atoms with van der Waals surface area (Å²) in [4.78, 5) is 24.7. The smallest absolute Gasteiger partial charge is 0.307 e. The molecule has 2 heterocycles. The van der Waals surface area contributed by atoms with Crippen LogP contribution in [-0.2, 0) is 14.3 Å². The molecule has 6 heteroatoms. The minimum Gasteiger partial charge on any atom is -0.469 e. The van der Waals surface area contributed by atoms with Gasteiger partial charge in [-0.2, -0.15) is 0 Å². The zero-order valence-corrected chi connectivity index (χ0v) is 12.4. The molecule has 2 rings (SSSR count). The lowest BCUT2D eigenvalue weighted by Gasteiger charge is -2.25. The second kappa shape index (κ2) is 7.40. The van der Waals surface area contributed by atoms with Gasteiger partial charge in [0.1, 0.15) is 0 Å². The monoisotopic (exact) mass is 296 g/mol. The summed E-state index contributed by atoms with van der Waals surface area (Å²) in [7, 11) is 1.36. The number of methoxy groups -OCH3 is 1. The highest BCUT2D eigenvalue weighted by Crippen LogP contribution is 2.23. The van der Waals surface area contributed by atoms with Crippen LogP contribution in [0.1, 0.15) is 36.6 Å². The minimum absolute atomic E-state index is 0.0352. The Morgan fingerprint density at radius 2 is 2.40 bits per heavy atom. The Morgan fingerprint density at radius 1 is 1.55 bits per heavy atom. The summed E-state index contributed by atoms with van der Waals surface area (Å²) in [6.45, 7) is 0.874. The quantitative estimate of drug-likeness (QED) is 0.810. The molecule has 2 N–H and O–H groups in total. The van der Waals surface area contributed by atoms with E-state index in [1.54, 1.807) is 0 Å². The Kier molecular flexibility index (Phi) is 5.55. The predicted octanol–water partition coefficient (Wildman–Crippen LogP) is 1.61. The molecule has 0 spiro atoms. The van der Waals surface area contributed by atoms with Crippen molar-refractivity contribution in [3.05, 3.63) is 22.4 Å². The first-order valence-electron chi connectivity index (χ1n) is 6.84. The number of piperidine rings is 1. The van der Waals surface area contributed by atoms with Crippen molar-refractivity contribution in [3.8, 4) is 0 Å². The van der Waals surface area contributed by atoms with Crippen LogP contribution in [0.25, 0.3) is 0 Å². The molecule has 0 radical (unpaired) electrons. The van der Waals surface area contributed by atoms with E-state index in [2.05, 4.69) is 10.6 Å². The lowest BCUT2D eigenvalue weighted by Crippen LogP contribution is -2.47. The van der Waals surface area contributed by atoms with E-state index in [1.807, 2.05) is 17.5 Å². The number of carbonyl (C=O) groups is 2. The number of thiophene rings is 1. The van der Waals surface area contributed by atoms with Gasteiger partial charge >= 0.3 is 5.97 Å². The highest BCUT2D eigenvalue weighted by Gasteiger charge is 2.25. The Hall–Kier alpha value is -1.40. The number of carbonyl (C=O) groups excluding carboxylic acids is 2. The molecule has 110 valence electrons. The maximum atomic E-state index is 12.3. The highest BCUT2D eigenvalue weighted by molar-refractivity contribution is 7.10. The van der Waals surface area contributed by atoms with Crippen LogP contribution in [0.5, 0.6) is 0 Å². The van der Waals surface area contributed by atoms with Crippen molar-refractivity contribution in [1.82, 2.24) is 10.6 Å². The molecule has 1 saturated heterocycles. The largest absolute Gasteiger partial charge is 0.469 e. The summed E-state index contributed by atoms with van der Waals surface area (Å²) >= 11 is 1.53. The van der Waals surface area contributed by atoms with E-state index in [0.29, 0.717) is 0 Å². The molecule has 1 unspecified atom stereocenters. The Labute approximate surface area is 122 Å². The van der Waals surface area contributed by atoms with Crippen molar-refractivity contribution in [2.24, 2.45) is 0 Å². The van der Waals surface area contributed by atoms with Gasteiger partial charge in [0.05, 0.1) is 25.6 Å². The topological polar surface area (TPSA) is 67.4 Å². The molecular weight excluding hydrogens is 276 g/mol. The third kappa shape index (κ3) is 4.05. The number of esters is 1. The third-order valence-corrected chi connectivity index (χ3v) is 4.41. The van der Waals surface area contributed by atoms with E-state index in [-0.39, 0.29) is 30.4 Å². The molecule has 20 heavy (non-hydrogen) atoms. The van der Waals surface area contributed by atoms with E-state index in [9.17, 15) is 9.59 Å². The number of ether oxygens (including phenoxy) is 1. The zero-order chi connectivity index (χ0) is 14.4. The SMILES string of the molecule is COC(=O)CC(NC(=O)[C@@H]1CCCCN1)c1cccs1. The normalized spacial score (nSPS) is 20.1. The molecule has 0 aliphatic carbocycles. The van der Waals surface area contributed by atoms with Crippen LogP contribution in [0, 0.1) is 0 Å². The number of rotatable bonds is 5. The second-order valence-corrected chi connectivity index (χ2v) is 5.84.